The fraction of sp³-hybridized carbons (Fsp3) is 0.400. The molecule has 1 amide bonds. The van der Waals surface area contributed by atoms with Crippen molar-refractivity contribution in [1.29, 1.82) is 0 Å². The number of hydrogen-bond donors (Lipinski definition) is 1. The van der Waals surface area contributed by atoms with Crippen LogP contribution in [0.2, 0.25) is 0 Å². The summed E-state index contributed by atoms with van der Waals surface area (Å²) in [6, 6.07) is 5.64. The lowest BCUT2D eigenvalue weighted by molar-refractivity contribution is -0.128. The van der Waals surface area contributed by atoms with Crippen molar-refractivity contribution in [3.8, 4) is 0 Å². The zero-order valence-corrected chi connectivity index (χ0v) is 8.53. The quantitative estimate of drug-likeness (QED) is 0.775. The summed E-state index contributed by atoms with van der Waals surface area (Å²) in [5.41, 5.74) is 0. The molecule has 0 unspecified atom stereocenters. The Morgan fingerprint density at radius 2 is 2.29 bits per heavy atom. The van der Waals surface area contributed by atoms with E-state index in [1.54, 1.807) is 25.2 Å². The van der Waals surface area contributed by atoms with E-state index in [0.29, 0.717) is 13.0 Å². The number of rotatable bonds is 4. The largest absolute Gasteiger partial charge is 0.370 e. The Morgan fingerprint density at radius 1 is 1.50 bits per heavy atom. The predicted molar refractivity (Wildman–Crippen MR) is 56.0 cm³/mol. The summed E-state index contributed by atoms with van der Waals surface area (Å²) in [7, 11) is 3.51. The van der Waals surface area contributed by atoms with E-state index in [4.69, 9.17) is 0 Å². The van der Waals surface area contributed by atoms with E-state index in [1.807, 2.05) is 18.2 Å². The first-order chi connectivity index (χ1) is 6.70. The van der Waals surface area contributed by atoms with Crippen LogP contribution in [0.5, 0.6) is 0 Å². The monoisotopic (exact) mass is 193 g/mol. The molecule has 0 aliphatic rings. The van der Waals surface area contributed by atoms with Crippen LogP contribution in [-0.4, -0.2) is 36.4 Å². The Kier molecular flexibility index (Phi) is 3.91. The number of nitrogens with zero attached hydrogens (tertiary/aromatic N) is 2. The molecular weight excluding hydrogens is 178 g/mol. The van der Waals surface area contributed by atoms with E-state index in [9.17, 15) is 4.79 Å². The summed E-state index contributed by atoms with van der Waals surface area (Å²) < 4.78 is 0. The highest BCUT2D eigenvalue weighted by molar-refractivity contribution is 5.76. The Balaban J connectivity index is 2.26. The molecule has 0 aromatic carbocycles. The van der Waals surface area contributed by atoms with Crippen LogP contribution in [0, 0.1) is 0 Å². The molecule has 0 atom stereocenters. The summed E-state index contributed by atoms with van der Waals surface area (Å²) in [5, 5.41) is 3.07. The minimum atomic E-state index is 0.119. The SMILES string of the molecule is CN(C)C(=O)CCNc1ccccn1. The zero-order chi connectivity index (χ0) is 10.4. The van der Waals surface area contributed by atoms with Crippen molar-refractivity contribution in [1.82, 2.24) is 9.88 Å². The van der Waals surface area contributed by atoms with Crippen LogP contribution >= 0.6 is 0 Å². The van der Waals surface area contributed by atoms with Crippen LogP contribution in [0.3, 0.4) is 0 Å². The number of aromatic nitrogens is 1. The molecule has 0 aliphatic heterocycles. The van der Waals surface area contributed by atoms with Gasteiger partial charge >= 0.3 is 0 Å². The number of pyridine rings is 1. The molecule has 0 aliphatic carbocycles. The first-order valence-electron chi connectivity index (χ1n) is 4.55. The van der Waals surface area contributed by atoms with Crippen LogP contribution in [0.4, 0.5) is 5.82 Å². The molecule has 4 nitrogen and oxygen atoms in total. The second-order valence-corrected chi connectivity index (χ2v) is 3.18. The maximum absolute atomic E-state index is 11.2. The Morgan fingerprint density at radius 3 is 2.86 bits per heavy atom. The summed E-state index contributed by atoms with van der Waals surface area (Å²) >= 11 is 0. The second kappa shape index (κ2) is 5.21. The van der Waals surface area contributed by atoms with Crippen molar-refractivity contribution in [3.05, 3.63) is 24.4 Å². The molecule has 1 aromatic rings. The highest BCUT2D eigenvalue weighted by Crippen LogP contribution is 1.99. The summed E-state index contributed by atoms with van der Waals surface area (Å²) in [6.45, 7) is 0.619. The Labute approximate surface area is 83.9 Å². The van der Waals surface area contributed by atoms with Gasteiger partial charge in [-0.2, -0.15) is 0 Å². The van der Waals surface area contributed by atoms with Crippen molar-refractivity contribution >= 4 is 11.7 Å². The van der Waals surface area contributed by atoms with Gasteiger partial charge in [0, 0.05) is 33.3 Å². The second-order valence-electron chi connectivity index (χ2n) is 3.18. The van der Waals surface area contributed by atoms with Crippen molar-refractivity contribution < 1.29 is 4.79 Å². The van der Waals surface area contributed by atoms with Gasteiger partial charge in [0.15, 0.2) is 0 Å². The minimum Gasteiger partial charge on any atom is -0.370 e. The van der Waals surface area contributed by atoms with Gasteiger partial charge in [-0.3, -0.25) is 4.79 Å². The third-order valence-electron chi connectivity index (χ3n) is 1.81. The first-order valence-corrected chi connectivity index (χ1v) is 4.55. The van der Waals surface area contributed by atoms with Crippen molar-refractivity contribution in [2.75, 3.05) is 26.0 Å². The summed E-state index contributed by atoms with van der Waals surface area (Å²) in [4.78, 5) is 16.9. The zero-order valence-electron chi connectivity index (χ0n) is 8.53. The van der Waals surface area contributed by atoms with Crippen LogP contribution in [0.15, 0.2) is 24.4 Å². The molecule has 0 fully saturated rings. The van der Waals surface area contributed by atoms with E-state index < -0.39 is 0 Å². The van der Waals surface area contributed by atoms with Crippen LogP contribution in [0.25, 0.3) is 0 Å². The molecule has 0 saturated heterocycles. The lowest BCUT2D eigenvalue weighted by atomic mass is 10.3. The fourth-order valence-corrected chi connectivity index (χ4v) is 0.988. The number of anilines is 1. The number of carbonyl (C=O) groups excluding carboxylic acids is 1. The fourth-order valence-electron chi connectivity index (χ4n) is 0.988. The molecule has 1 N–H and O–H groups in total. The predicted octanol–water partition coefficient (Wildman–Crippen LogP) is 0.972. The average molecular weight is 193 g/mol. The van der Waals surface area contributed by atoms with Crippen molar-refractivity contribution in [2.45, 2.75) is 6.42 Å². The average Bonchev–Trinajstić information content (AvgIpc) is 2.19. The number of carbonyl (C=O) groups is 1. The normalized spacial score (nSPS) is 9.57. The third kappa shape index (κ3) is 3.43. The van der Waals surface area contributed by atoms with Gasteiger partial charge in [0.05, 0.1) is 0 Å². The molecule has 14 heavy (non-hydrogen) atoms. The van der Waals surface area contributed by atoms with E-state index in [2.05, 4.69) is 10.3 Å². The molecule has 1 rings (SSSR count). The smallest absolute Gasteiger partial charge is 0.223 e. The van der Waals surface area contributed by atoms with Gasteiger partial charge in [0.25, 0.3) is 0 Å². The molecule has 0 bridgehead atoms. The van der Waals surface area contributed by atoms with E-state index >= 15 is 0 Å². The number of nitrogens with one attached hydrogen (secondary N) is 1. The highest BCUT2D eigenvalue weighted by atomic mass is 16.2. The topological polar surface area (TPSA) is 45.2 Å². The maximum atomic E-state index is 11.2. The standard InChI is InChI=1S/C10H15N3O/c1-13(2)10(14)6-8-12-9-5-3-4-7-11-9/h3-5,7H,6,8H2,1-2H3,(H,11,12). The van der Waals surface area contributed by atoms with Crippen molar-refractivity contribution in [3.63, 3.8) is 0 Å². The lowest BCUT2D eigenvalue weighted by Gasteiger charge is -2.10. The molecule has 0 saturated carbocycles. The molecule has 1 heterocycles. The van der Waals surface area contributed by atoms with Gasteiger partial charge in [0.2, 0.25) is 5.91 Å². The maximum Gasteiger partial charge on any atom is 0.223 e. The van der Waals surface area contributed by atoms with Crippen LogP contribution in [0.1, 0.15) is 6.42 Å². The van der Waals surface area contributed by atoms with Gasteiger partial charge in [0.1, 0.15) is 5.82 Å². The van der Waals surface area contributed by atoms with Gasteiger partial charge in [-0.1, -0.05) is 6.07 Å². The van der Waals surface area contributed by atoms with Crippen LogP contribution in [-0.2, 0) is 4.79 Å². The lowest BCUT2D eigenvalue weighted by Crippen LogP contribution is -2.23. The van der Waals surface area contributed by atoms with Crippen LogP contribution < -0.4 is 5.32 Å². The van der Waals surface area contributed by atoms with Gasteiger partial charge in [-0.15, -0.1) is 0 Å². The van der Waals surface area contributed by atoms with Gasteiger partial charge in [-0.25, -0.2) is 4.98 Å². The Bertz CT molecular complexity index is 285. The van der Waals surface area contributed by atoms with Gasteiger partial charge < -0.3 is 10.2 Å². The Hall–Kier alpha value is -1.58. The first kappa shape index (κ1) is 10.5. The van der Waals surface area contributed by atoms with Gasteiger partial charge in [-0.05, 0) is 12.1 Å². The third-order valence-corrected chi connectivity index (χ3v) is 1.81. The summed E-state index contributed by atoms with van der Waals surface area (Å²) in [5.74, 6) is 0.924. The van der Waals surface area contributed by atoms with E-state index in [0.717, 1.165) is 5.82 Å². The molecular formula is C10H15N3O. The highest BCUT2D eigenvalue weighted by Gasteiger charge is 2.02. The molecule has 76 valence electrons. The molecule has 1 aromatic heterocycles. The minimum absolute atomic E-state index is 0.119. The number of hydrogen-bond acceptors (Lipinski definition) is 3. The molecule has 0 spiro atoms. The molecule has 0 radical (unpaired) electrons. The van der Waals surface area contributed by atoms with E-state index in [1.165, 1.54) is 0 Å². The molecule has 4 heteroatoms. The number of amides is 1. The van der Waals surface area contributed by atoms with Crippen molar-refractivity contribution in [2.24, 2.45) is 0 Å². The summed E-state index contributed by atoms with van der Waals surface area (Å²) in [6.07, 6.45) is 2.21. The van der Waals surface area contributed by atoms with E-state index in [-0.39, 0.29) is 5.91 Å².